The average Bonchev–Trinajstić information content (AvgIpc) is 2.66. The van der Waals surface area contributed by atoms with Crippen LogP contribution in [0.2, 0.25) is 0 Å². The Morgan fingerprint density at radius 2 is 2.18 bits per heavy atom. The van der Waals surface area contributed by atoms with E-state index < -0.39 is 10.2 Å². The minimum Gasteiger partial charge on any atom is -0.389 e. The Balaban J connectivity index is 2.98. The summed E-state index contributed by atoms with van der Waals surface area (Å²) in [6, 6.07) is 0. The molecule has 0 aromatic carbocycles. The Hall–Kier alpha value is -1.19. The van der Waals surface area contributed by atoms with Crippen molar-refractivity contribution < 1.29 is 8.42 Å². The molecule has 7 nitrogen and oxygen atoms in total. The smallest absolute Gasteiger partial charge is 0.302 e. The summed E-state index contributed by atoms with van der Waals surface area (Å²) < 4.78 is 27.5. The van der Waals surface area contributed by atoms with Crippen LogP contribution in [0, 0.1) is 0 Å². The molecule has 0 fully saturated rings. The maximum atomic E-state index is 11.9. The van der Waals surface area contributed by atoms with Crippen LogP contribution in [0.25, 0.3) is 0 Å². The Bertz CT molecular complexity index is 492. The first-order valence-corrected chi connectivity index (χ1v) is 6.88. The van der Waals surface area contributed by atoms with E-state index in [0.717, 1.165) is 0 Å². The van der Waals surface area contributed by atoms with Gasteiger partial charge < -0.3 is 5.73 Å². The summed E-state index contributed by atoms with van der Waals surface area (Å²) in [6.07, 6.45) is 1.38. The topological polar surface area (TPSA) is 104 Å². The van der Waals surface area contributed by atoms with Gasteiger partial charge >= 0.3 is 10.2 Å². The third-order valence-corrected chi connectivity index (χ3v) is 4.06. The number of aromatic amines is 1. The number of nitrogens with one attached hydrogen (secondary N) is 2. The highest BCUT2D eigenvalue weighted by Crippen LogP contribution is 2.14. The van der Waals surface area contributed by atoms with E-state index in [1.807, 2.05) is 0 Å². The Morgan fingerprint density at radius 3 is 2.65 bits per heavy atom. The van der Waals surface area contributed by atoms with Crippen molar-refractivity contribution in [1.29, 1.82) is 0 Å². The van der Waals surface area contributed by atoms with Crippen LogP contribution >= 0.6 is 12.2 Å². The van der Waals surface area contributed by atoms with Gasteiger partial charge in [-0.3, -0.25) is 9.82 Å². The second-order valence-electron chi connectivity index (χ2n) is 3.21. The number of H-pyrrole nitrogens is 1. The van der Waals surface area contributed by atoms with E-state index in [1.165, 1.54) is 10.5 Å². The molecule has 0 saturated carbocycles. The van der Waals surface area contributed by atoms with Crippen molar-refractivity contribution in [3.8, 4) is 0 Å². The average molecular weight is 277 g/mol. The second-order valence-corrected chi connectivity index (χ2v) is 5.32. The van der Waals surface area contributed by atoms with Gasteiger partial charge in [0.2, 0.25) is 0 Å². The van der Waals surface area contributed by atoms with Crippen LogP contribution in [0.3, 0.4) is 0 Å². The standard InChI is InChI=1S/C8H15N5O2S2/c1-3-13(4-2)17(14,15)12-8-6(7(9)16)5-10-11-8/h5H,3-4H2,1-2H3,(H2,9,16)(H2,10,11,12). The summed E-state index contributed by atoms with van der Waals surface area (Å²) in [7, 11) is -3.60. The van der Waals surface area contributed by atoms with Gasteiger partial charge in [0.05, 0.1) is 11.8 Å². The third-order valence-electron chi connectivity index (χ3n) is 2.18. The molecule has 1 aromatic heterocycles. The van der Waals surface area contributed by atoms with Crippen LogP contribution < -0.4 is 10.5 Å². The number of nitrogens with zero attached hydrogens (tertiary/aromatic N) is 2. The van der Waals surface area contributed by atoms with E-state index in [0.29, 0.717) is 18.7 Å². The SMILES string of the molecule is CCN(CC)S(=O)(=O)Nc1[nH]ncc1C(N)=S. The van der Waals surface area contributed by atoms with Gasteiger partial charge in [0.15, 0.2) is 0 Å². The zero-order valence-corrected chi connectivity index (χ0v) is 11.2. The highest BCUT2D eigenvalue weighted by molar-refractivity contribution is 7.90. The van der Waals surface area contributed by atoms with Gasteiger partial charge in [-0.2, -0.15) is 17.8 Å². The predicted octanol–water partition coefficient (Wildman–Crippen LogP) is 0.0424. The normalized spacial score (nSPS) is 11.7. The van der Waals surface area contributed by atoms with E-state index in [4.69, 9.17) is 18.0 Å². The highest BCUT2D eigenvalue weighted by atomic mass is 32.2. The van der Waals surface area contributed by atoms with Crippen molar-refractivity contribution in [1.82, 2.24) is 14.5 Å². The lowest BCUT2D eigenvalue weighted by atomic mass is 10.3. The maximum Gasteiger partial charge on any atom is 0.302 e. The Morgan fingerprint density at radius 1 is 1.59 bits per heavy atom. The van der Waals surface area contributed by atoms with Crippen LogP contribution in [0.4, 0.5) is 5.82 Å². The summed E-state index contributed by atoms with van der Waals surface area (Å²) in [5.41, 5.74) is 5.81. The molecule has 0 radical (unpaired) electrons. The van der Waals surface area contributed by atoms with Crippen molar-refractivity contribution in [3.63, 3.8) is 0 Å². The molecule has 0 unspecified atom stereocenters. The van der Waals surface area contributed by atoms with Gasteiger partial charge in [-0.1, -0.05) is 26.1 Å². The van der Waals surface area contributed by atoms with Crippen molar-refractivity contribution in [3.05, 3.63) is 11.8 Å². The van der Waals surface area contributed by atoms with E-state index in [1.54, 1.807) is 13.8 Å². The van der Waals surface area contributed by atoms with Gasteiger partial charge in [0, 0.05) is 13.1 Å². The predicted molar refractivity (Wildman–Crippen MR) is 69.9 cm³/mol. The number of nitrogens with two attached hydrogens (primary N) is 1. The molecule has 0 aliphatic rings. The molecule has 0 atom stereocenters. The van der Waals surface area contributed by atoms with Gasteiger partial charge in [0.1, 0.15) is 10.8 Å². The monoisotopic (exact) mass is 277 g/mol. The first kappa shape index (κ1) is 13.9. The number of thiocarbonyl (C=S) groups is 1. The quantitative estimate of drug-likeness (QED) is 0.637. The lowest BCUT2D eigenvalue weighted by molar-refractivity contribution is 0.449. The van der Waals surface area contributed by atoms with E-state index in [-0.39, 0.29) is 10.8 Å². The molecule has 1 aromatic rings. The molecular weight excluding hydrogens is 262 g/mol. The second kappa shape index (κ2) is 5.43. The number of anilines is 1. The molecular formula is C8H15N5O2S2. The van der Waals surface area contributed by atoms with Gasteiger partial charge in [-0.15, -0.1) is 0 Å². The summed E-state index contributed by atoms with van der Waals surface area (Å²) in [5, 5.41) is 6.21. The lowest BCUT2D eigenvalue weighted by Crippen LogP contribution is -2.36. The van der Waals surface area contributed by atoms with Crippen LogP contribution in [0.1, 0.15) is 19.4 Å². The summed E-state index contributed by atoms with van der Waals surface area (Å²) in [6.45, 7) is 4.26. The third kappa shape index (κ3) is 3.14. The number of aromatic nitrogens is 2. The fraction of sp³-hybridized carbons (Fsp3) is 0.500. The molecule has 4 N–H and O–H groups in total. The van der Waals surface area contributed by atoms with E-state index in [2.05, 4.69) is 14.9 Å². The summed E-state index contributed by atoms with van der Waals surface area (Å²) >= 11 is 4.78. The van der Waals surface area contributed by atoms with Gasteiger partial charge in [-0.25, -0.2) is 0 Å². The number of hydrogen-bond acceptors (Lipinski definition) is 4. The first-order valence-electron chi connectivity index (χ1n) is 5.03. The minimum atomic E-state index is -3.60. The number of hydrogen-bond donors (Lipinski definition) is 3. The Labute approximate surface area is 106 Å². The Kier molecular flexibility index (Phi) is 4.43. The van der Waals surface area contributed by atoms with E-state index >= 15 is 0 Å². The molecule has 0 saturated heterocycles. The molecule has 0 amide bonds. The number of rotatable bonds is 6. The van der Waals surface area contributed by atoms with E-state index in [9.17, 15) is 8.42 Å². The summed E-state index contributed by atoms with van der Waals surface area (Å²) in [4.78, 5) is 0.0796. The fourth-order valence-electron chi connectivity index (χ4n) is 1.31. The highest BCUT2D eigenvalue weighted by Gasteiger charge is 2.21. The summed E-state index contributed by atoms with van der Waals surface area (Å²) in [5.74, 6) is 0.185. The van der Waals surface area contributed by atoms with Gasteiger partial charge in [-0.05, 0) is 0 Å². The van der Waals surface area contributed by atoms with Crippen molar-refractivity contribution in [2.45, 2.75) is 13.8 Å². The molecule has 0 aliphatic heterocycles. The minimum absolute atomic E-state index is 0.0796. The molecule has 9 heteroatoms. The molecule has 0 spiro atoms. The van der Waals surface area contributed by atoms with Crippen molar-refractivity contribution in [2.75, 3.05) is 17.8 Å². The van der Waals surface area contributed by atoms with Crippen LogP contribution in [-0.2, 0) is 10.2 Å². The zero-order chi connectivity index (χ0) is 13.1. The van der Waals surface area contributed by atoms with Crippen LogP contribution in [-0.4, -0.2) is 41.0 Å². The van der Waals surface area contributed by atoms with Crippen molar-refractivity contribution in [2.24, 2.45) is 5.73 Å². The zero-order valence-electron chi connectivity index (χ0n) is 9.60. The molecule has 1 rings (SSSR count). The maximum absolute atomic E-state index is 11.9. The van der Waals surface area contributed by atoms with Crippen LogP contribution in [0.15, 0.2) is 6.20 Å². The molecule has 1 heterocycles. The lowest BCUT2D eigenvalue weighted by Gasteiger charge is -2.18. The molecule has 96 valence electrons. The fourth-order valence-corrected chi connectivity index (χ4v) is 2.69. The molecule has 0 bridgehead atoms. The first-order chi connectivity index (χ1) is 7.92. The molecule has 17 heavy (non-hydrogen) atoms. The largest absolute Gasteiger partial charge is 0.389 e. The van der Waals surface area contributed by atoms with Gasteiger partial charge in [0.25, 0.3) is 0 Å². The van der Waals surface area contributed by atoms with Crippen LogP contribution in [0.5, 0.6) is 0 Å². The molecule has 0 aliphatic carbocycles. The van der Waals surface area contributed by atoms with Crippen molar-refractivity contribution >= 4 is 33.2 Å².